The van der Waals surface area contributed by atoms with Gasteiger partial charge in [0.15, 0.2) is 6.29 Å². The zero-order chi connectivity index (χ0) is 8.97. The molecule has 0 radical (unpaired) electrons. The Morgan fingerprint density at radius 2 is 2.25 bits per heavy atom. The van der Waals surface area contributed by atoms with Gasteiger partial charge in [-0.3, -0.25) is 0 Å². The van der Waals surface area contributed by atoms with E-state index in [-0.39, 0.29) is 6.61 Å². The molecule has 1 aliphatic heterocycles. The van der Waals surface area contributed by atoms with Crippen LogP contribution in [0.3, 0.4) is 0 Å². The molecule has 2 N–H and O–H groups in total. The highest BCUT2D eigenvalue weighted by atomic mass is 16.7. The molecular weight excluding hydrogens is 160 g/mol. The van der Waals surface area contributed by atoms with Gasteiger partial charge in [-0.25, -0.2) is 0 Å². The lowest BCUT2D eigenvalue weighted by Gasteiger charge is -2.27. The van der Waals surface area contributed by atoms with Gasteiger partial charge in [-0.2, -0.15) is 0 Å². The summed E-state index contributed by atoms with van der Waals surface area (Å²) >= 11 is 0. The van der Waals surface area contributed by atoms with E-state index < -0.39 is 18.5 Å². The van der Waals surface area contributed by atoms with Gasteiger partial charge in [0.1, 0.15) is 12.2 Å². The zero-order valence-corrected chi connectivity index (χ0v) is 7.01. The van der Waals surface area contributed by atoms with Crippen LogP contribution in [0, 0.1) is 0 Å². The molecule has 0 amide bonds. The van der Waals surface area contributed by atoms with Gasteiger partial charge in [0.2, 0.25) is 0 Å². The maximum Gasteiger partial charge on any atom is 0.177 e. The van der Waals surface area contributed by atoms with Crippen molar-refractivity contribution in [2.45, 2.75) is 25.4 Å². The molecule has 4 heteroatoms. The topological polar surface area (TPSA) is 58.9 Å². The molecule has 0 aromatic carbocycles. The van der Waals surface area contributed by atoms with Gasteiger partial charge in [-0.1, -0.05) is 6.08 Å². The fraction of sp³-hybridized carbons (Fsp3) is 0.750. The molecule has 4 nitrogen and oxygen atoms in total. The molecule has 70 valence electrons. The third-order valence-electron chi connectivity index (χ3n) is 1.67. The first-order valence-electron chi connectivity index (χ1n) is 4.02. The molecule has 0 saturated carbocycles. The van der Waals surface area contributed by atoms with Crippen LogP contribution in [0.2, 0.25) is 0 Å². The molecule has 1 aliphatic rings. The minimum absolute atomic E-state index is 0.199. The maximum absolute atomic E-state index is 9.23. The Labute approximate surface area is 71.4 Å². The van der Waals surface area contributed by atoms with E-state index in [4.69, 9.17) is 14.6 Å². The Kier molecular flexibility index (Phi) is 3.68. The molecule has 3 atom stereocenters. The van der Waals surface area contributed by atoms with Crippen molar-refractivity contribution >= 4 is 0 Å². The maximum atomic E-state index is 9.23. The lowest BCUT2D eigenvalue weighted by molar-refractivity contribution is -0.177. The van der Waals surface area contributed by atoms with E-state index in [2.05, 4.69) is 0 Å². The van der Waals surface area contributed by atoms with Gasteiger partial charge < -0.3 is 19.7 Å². The number of ether oxygens (including phenoxy) is 2. The highest BCUT2D eigenvalue weighted by molar-refractivity contribution is 4.99. The van der Waals surface area contributed by atoms with Gasteiger partial charge in [0, 0.05) is 6.61 Å². The first kappa shape index (κ1) is 9.67. The fourth-order valence-corrected chi connectivity index (χ4v) is 1.04. The summed E-state index contributed by atoms with van der Waals surface area (Å²) < 4.78 is 10.3. The highest BCUT2D eigenvalue weighted by Crippen LogP contribution is 2.13. The first-order valence-corrected chi connectivity index (χ1v) is 4.02. The third-order valence-corrected chi connectivity index (χ3v) is 1.67. The van der Waals surface area contributed by atoms with Crippen molar-refractivity contribution in [1.82, 2.24) is 0 Å². The van der Waals surface area contributed by atoms with Crippen molar-refractivity contribution in [3.63, 3.8) is 0 Å². The summed E-state index contributed by atoms with van der Waals surface area (Å²) in [4.78, 5) is 0. The first-order chi connectivity index (χ1) is 5.77. The van der Waals surface area contributed by atoms with Crippen LogP contribution in [-0.2, 0) is 9.47 Å². The van der Waals surface area contributed by atoms with Gasteiger partial charge in [-0.05, 0) is 13.0 Å². The second-order valence-corrected chi connectivity index (χ2v) is 2.56. The van der Waals surface area contributed by atoms with E-state index in [1.165, 1.54) is 0 Å². The van der Waals surface area contributed by atoms with Gasteiger partial charge in [0.05, 0.1) is 6.61 Å². The molecule has 0 aliphatic carbocycles. The number of hydrogen-bond donors (Lipinski definition) is 2. The molecule has 0 fully saturated rings. The minimum Gasteiger partial charge on any atom is -0.394 e. The van der Waals surface area contributed by atoms with Crippen LogP contribution in [0.5, 0.6) is 0 Å². The summed E-state index contributed by atoms with van der Waals surface area (Å²) in [6.45, 7) is 2.20. The van der Waals surface area contributed by atoms with Crippen LogP contribution in [0.1, 0.15) is 6.92 Å². The van der Waals surface area contributed by atoms with E-state index >= 15 is 0 Å². The van der Waals surface area contributed by atoms with Crippen LogP contribution in [0.15, 0.2) is 12.2 Å². The number of aliphatic hydroxyl groups is 2. The zero-order valence-electron chi connectivity index (χ0n) is 7.01. The molecule has 0 unspecified atom stereocenters. The van der Waals surface area contributed by atoms with Crippen LogP contribution in [0.4, 0.5) is 0 Å². The van der Waals surface area contributed by atoms with E-state index in [1.54, 1.807) is 12.2 Å². The lowest BCUT2D eigenvalue weighted by atomic mass is 10.1. The average molecular weight is 174 g/mol. The Hall–Kier alpha value is -0.420. The van der Waals surface area contributed by atoms with Crippen LogP contribution < -0.4 is 0 Å². The molecule has 0 spiro atoms. The van der Waals surface area contributed by atoms with Crippen LogP contribution in [-0.4, -0.2) is 41.9 Å². The molecular formula is C8H14O4. The predicted octanol–water partition coefficient (Wildman–Crippen LogP) is -0.343. The largest absolute Gasteiger partial charge is 0.394 e. The van der Waals surface area contributed by atoms with Gasteiger partial charge in [0.25, 0.3) is 0 Å². The molecule has 0 aromatic heterocycles. The minimum atomic E-state index is -0.730. The Bertz CT molecular complexity index is 157. The summed E-state index contributed by atoms with van der Waals surface area (Å²) in [5.41, 5.74) is 0. The fourth-order valence-electron chi connectivity index (χ4n) is 1.04. The van der Waals surface area contributed by atoms with Crippen molar-refractivity contribution in [2.75, 3.05) is 13.2 Å². The average Bonchev–Trinajstić information content (AvgIpc) is 2.09. The monoisotopic (exact) mass is 174 g/mol. The van der Waals surface area contributed by atoms with Crippen LogP contribution in [0.25, 0.3) is 0 Å². The summed E-state index contributed by atoms with van der Waals surface area (Å²) in [7, 11) is 0. The summed E-state index contributed by atoms with van der Waals surface area (Å²) in [5.74, 6) is 0. The molecule has 0 saturated heterocycles. The van der Waals surface area contributed by atoms with Gasteiger partial charge in [-0.15, -0.1) is 0 Å². The third kappa shape index (κ3) is 2.28. The second kappa shape index (κ2) is 4.57. The van der Waals surface area contributed by atoms with E-state index in [1.807, 2.05) is 6.92 Å². The summed E-state index contributed by atoms with van der Waals surface area (Å²) in [5, 5.41) is 18.0. The highest BCUT2D eigenvalue weighted by Gasteiger charge is 2.24. The van der Waals surface area contributed by atoms with Crippen molar-refractivity contribution in [2.24, 2.45) is 0 Å². The quantitative estimate of drug-likeness (QED) is 0.574. The van der Waals surface area contributed by atoms with E-state index in [9.17, 15) is 5.11 Å². The normalized spacial score (nSPS) is 35.4. The van der Waals surface area contributed by atoms with Crippen molar-refractivity contribution < 1.29 is 19.7 Å². The molecule has 1 rings (SSSR count). The van der Waals surface area contributed by atoms with Gasteiger partial charge >= 0.3 is 0 Å². The molecule has 0 bridgehead atoms. The Morgan fingerprint density at radius 1 is 1.50 bits per heavy atom. The van der Waals surface area contributed by atoms with E-state index in [0.717, 1.165) is 0 Å². The second-order valence-electron chi connectivity index (χ2n) is 2.56. The Morgan fingerprint density at radius 3 is 2.83 bits per heavy atom. The molecule has 12 heavy (non-hydrogen) atoms. The SMILES string of the molecule is CCO[C@@H]1C=C[C@H](O)[C@@H](CO)O1. The standard InChI is InChI=1S/C8H14O4/c1-2-11-8-4-3-6(10)7(5-9)12-8/h3-4,6-10H,2,5H2,1H3/t6-,7+,8-/m0/s1. The number of hydrogen-bond acceptors (Lipinski definition) is 4. The predicted molar refractivity (Wildman–Crippen MR) is 42.5 cm³/mol. The lowest BCUT2D eigenvalue weighted by Crippen LogP contribution is -2.38. The van der Waals surface area contributed by atoms with Crippen LogP contribution >= 0.6 is 0 Å². The number of aliphatic hydroxyl groups excluding tert-OH is 2. The van der Waals surface area contributed by atoms with Crippen molar-refractivity contribution in [1.29, 1.82) is 0 Å². The van der Waals surface area contributed by atoms with E-state index in [0.29, 0.717) is 6.61 Å². The number of rotatable bonds is 3. The molecule has 0 aromatic rings. The van der Waals surface area contributed by atoms with Crippen molar-refractivity contribution in [3.05, 3.63) is 12.2 Å². The summed E-state index contributed by atoms with van der Waals surface area (Å²) in [6, 6.07) is 0. The smallest absolute Gasteiger partial charge is 0.177 e. The van der Waals surface area contributed by atoms with Crippen molar-refractivity contribution in [3.8, 4) is 0 Å². The Balaban J connectivity index is 2.46. The molecule has 1 heterocycles. The summed E-state index contributed by atoms with van der Waals surface area (Å²) in [6.07, 6.45) is 1.49.